The molecule has 1 unspecified atom stereocenters. The second kappa shape index (κ2) is 7.29. The number of hydrogen-bond donors (Lipinski definition) is 1. The van der Waals surface area contributed by atoms with Crippen LogP contribution in [0.4, 0.5) is 70.2 Å². The molecule has 0 amide bonds. The van der Waals surface area contributed by atoms with Gasteiger partial charge in [0.1, 0.15) is 0 Å². The summed E-state index contributed by atoms with van der Waals surface area (Å²) in [6.45, 7) is 2.81. The molecule has 0 aliphatic rings. The van der Waals surface area contributed by atoms with Crippen LogP contribution in [0.15, 0.2) is 12.2 Å². The Balaban J connectivity index is 7.15. The van der Waals surface area contributed by atoms with Gasteiger partial charge in [0, 0.05) is 5.57 Å². The number of hydrogen-bond acceptors (Lipinski definition) is 3. The van der Waals surface area contributed by atoms with Gasteiger partial charge in [0.05, 0.1) is 0 Å². The molecule has 0 saturated carbocycles. The Hall–Kier alpha value is -1.95. The van der Waals surface area contributed by atoms with Crippen LogP contribution >= 0.6 is 0 Å². The van der Waals surface area contributed by atoms with E-state index >= 15 is 0 Å². The molecule has 3 nitrogen and oxygen atoms in total. The minimum Gasteiger partial charge on any atom is -0.393 e. The molecule has 0 aliphatic carbocycles. The van der Waals surface area contributed by atoms with Crippen molar-refractivity contribution in [3.63, 3.8) is 0 Å². The van der Waals surface area contributed by atoms with Crippen LogP contribution in [0.3, 0.4) is 0 Å². The summed E-state index contributed by atoms with van der Waals surface area (Å²) in [4.78, 5) is 10.8. The van der Waals surface area contributed by atoms with Crippen molar-refractivity contribution in [3.05, 3.63) is 12.2 Å². The zero-order chi connectivity index (χ0) is 25.9. The number of carbonyl (C=O) groups excluding carboxylic acids is 1. The highest BCUT2D eigenvalue weighted by atomic mass is 19.4. The van der Waals surface area contributed by atoms with Crippen LogP contribution in [-0.4, -0.2) is 58.8 Å². The van der Waals surface area contributed by atoms with Crippen LogP contribution in [0.1, 0.15) is 6.92 Å². The third-order valence-corrected chi connectivity index (χ3v) is 3.40. The highest BCUT2D eigenvalue weighted by molar-refractivity contribution is 5.87. The lowest BCUT2D eigenvalue weighted by Crippen LogP contribution is -2.80. The molecule has 1 atom stereocenters. The Bertz CT molecular complexity index is 718. The molecule has 19 heteroatoms. The van der Waals surface area contributed by atoms with Crippen molar-refractivity contribution < 1.29 is 84.9 Å². The van der Waals surface area contributed by atoms with Gasteiger partial charge in [-0.3, -0.25) is 0 Å². The standard InChI is InChI=1S/C12H6F16O3/c1-3(2)4(29)31-12(27,28)7(15,16)5(30,10(21,22)23)6(13,14)8(17,18)9(19,20)11(24,25)26/h30H,1H2,2H3. The van der Waals surface area contributed by atoms with Crippen molar-refractivity contribution in [3.8, 4) is 0 Å². The van der Waals surface area contributed by atoms with Crippen molar-refractivity contribution in [2.75, 3.05) is 0 Å². The van der Waals surface area contributed by atoms with Gasteiger partial charge in [0.15, 0.2) is 0 Å². The van der Waals surface area contributed by atoms with Crippen LogP contribution in [0, 0.1) is 0 Å². The number of halogens is 16. The molecule has 1 N–H and O–H groups in total. The maximum absolute atomic E-state index is 13.7. The van der Waals surface area contributed by atoms with Gasteiger partial charge in [-0.2, -0.15) is 70.2 Å². The average Bonchev–Trinajstić information content (AvgIpc) is 2.50. The van der Waals surface area contributed by atoms with Gasteiger partial charge < -0.3 is 9.84 Å². The maximum atomic E-state index is 13.7. The van der Waals surface area contributed by atoms with Crippen LogP contribution in [0.2, 0.25) is 0 Å². The molecule has 0 bridgehead atoms. The first-order valence-corrected chi connectivity index (χ1v) is 6.71. The molecule has 0 aromatic carbocycles. The molecule has 184 valence electrons. The molecule has 0 radical (unpaired) electrons. The lowest BCUT2D eigenvalue weighted by molar-refractivity contribution is -0.495. The van der Waals surface area contributed by atoms with Gasteiger partial charge in [-0.1, -0.05) is 6.58 Å². The van der Waals surface area contributed by atoms with Crippen molar-refractivity contribution in [2.45, 2.75) is 54.7 Å². The average molecular weight is 502 g/mol. The third kappa shape index (κ3) is 3.88. The number of rotatable bonds is 7. The number of alkyl halides is 16. The third-order valence-electron chi connectivity index (χ3n) is 3.40. The molecular weight excluding hydrogens is 496 g/mol. The first-order chi connectivity index (χ1) is 13.1. The smallest absolute Gasteiger partial charge is 0.393 e. The van der Waals surface area contributed by atoms with E-state index < -0.39 is 59.3 Å². The Kier molecular flexibility index (Phi) is 6.83. The van der Waals surface area contributed by atoms with Gasteiger partial charge in [0.2, 0.25) is 0 Å². The normalized spacial score (nSPS) is 17.2. The zero-order valence-electron chi connectivity index (χ0n) is 14.0. The van der Waals surface area contributed by atoms with Crippen molar-refractivity contribution >= 4 is 5.97 Å². The maximum Gasteiger partial charge on any atom is 0.470 e. The lowest BCUT2D eigenvalue weighted by Gasteiger charge is -2.46. The molecule has 0 fully saturated rings. The van der Waals surface area contributed by atoms with Gasteiger partial charge in [0.25, 0.3) is 0 Å². The fourth-order valence-corrected chi connectivity index (χ4v) is 1.63. The first kappa shape index (κ1) is 29.0. The summed E-state index contributed by atoms with van der Waals surface area (Å²) in [6, 6.07) is 0. The molecule has 31 heavy (non-hydrogen) atoms. The Labute approximate surface area is 159 Å². The van der Waals surface area contributed by atoms with Crippen LogP contribution in [0.25, 0.3) is 0 Å². The van der Waals surface area contributed by atoms with E-state index in [0.29, 0.717) is 6.92 Å². The van der Waals surface area contributed by atoms with E-state index in [1.165, 1.54) is 0 Å². The quantitative estimate of drug-likeness (QED) is 0.300. The van der Waals surface area contributed by atoms with Gasteiger partial charge >= 0.3 is 53.7 Å². The summed E-state index contributed by atoms with van der Waals surface area (Å²) in [5.74, 6) is -36.6. The molecule has 0 aromatic heterocycles. The van der Waals surface area contributed by atoms with E-state index in [-0.39, 0.29) is 0 Å². The second-order valence-electron chi connectivity index (χ2n) is 5.69. The first-order valence-electron chi connectivity index (χ1n) is 6.71. The van der Waals surface area contributed by atoms with Crippen LogP contribution < -0.4 is 0 Å². The second-order valence-corrected chi connectivity index (χ2v) is 5.69. The number of esters is 1. The Morgan fingerprint density at radius 3 is 1.26 bits per heavy atom. The molecule has 0 heterocycles. The fourth-order valence-electron chi connectivity index (χ4n) is 1.63. The van der Waals surface area contributed by atoms with E-state index in [2.05, 4.69) is 11.3 Å². The largest absolute Gasteiger partial charge is 0.470 e. The Morgan fingerprint density at radius 2 is 1.00 bits per heavy atom. The monoisotopic (exact) mass is 502 g/mol. The minimum absolute atomic E-state index is 0.360. The number of aliphatic hydroxyl groups is 1. The van der Waals surface area contributed by atoms with Crippen molar-refractivity contribution in [1.29, 1.82) is 0 Å². The molecule has 0 rings (SSSR count). The summed E-state index contributed by atoms with van der Waals surface area (Å²) < 4.78 is 210. The highest BCUT2D eigenvalue weighted by Crippen LogP contribution is 2.64. The topological polar surface area (TPSA) is 46.5 Å². The molecule has 0 aliphatic heterocycles. The lowest BCUT2D eigenvalue weighted by atomic mass is 9.81. The SMILES string of the molecule is C=C(C)C(=O)OC(F)(F)C(F)(F)C(O)(C(F)(F)F)C(F)(F)C(F)(F)C(F)(F)C(F)(F)F. The molecular formula is C12H6F16O3. The van der Waals surface area contributed by atoms with E-state index in [4.69, 9.17) is 5.11 Å². The van der Waals surface area contributed by atoms with E-state index in [0.717, 1.165) is 0 Å². The summed E-state index contributed by atoms with van der Waals surface area (Å²) >= 11 is 0. The van der Waals surface area contributed by atoms with Crippen molar-refractivity contribution in [2.24, 2.45) is 0 Å². The van der Waals surface area contributed by atoms with Gasteiger partial charge in [-0.15, -0.1) is 0 Å². The van der Waals surface area contributed by atoms with Crippen molar-refractivity contribution in [1.82, 2.24) is 0 Å². The molecule has 0 saturated heterocycles. The van der Waals surface area contributed by atoms with Gasteiger partial charge in [-0.25, -0.2) is 4.79 Å². The molecule has 0 aromatic rings. The number of carbonyl (C=O) groups is 1. The predicted molar refractivity (Wildman–Crippen MR) is 62.7 cm³/mol. The van der Waals surface area contributed by atoms with Crippen LogP contribution in [-0.2, 0) is 9.53 Å². The number of ether oxygens (including phenoxy) is 1. The summed E-state index contributed by atoms with van der Waals surface area (Å²) in [6.07, 6.45) is -23.3. The molecule has 0 spiro atoms. The Morgan fingerprint density at radius 1 is 0.645 bits per heavy atom. The summed E-state index contributed by atoms with van der Waals surface area (Å²) in [5, 5.41) is 8.66. The van der Waals surface area contributed by atoms with Gasteiger partial charge in [-0.05, 0) is 6.92 Å². The predicted octanol–water partition coefficient (Wildman–Crippen LogP) is 5.10. The summed E-state index contributed by atoms with van der Waals surface area (Å²) in [5.41, 5.74) is -9.70. The highest BCUT2D eigenvalue weighted by Gasteiger charge is 2.97. The van der Waals surface area contributed by atoms with E-state index in [1.54, 1.807) is 0 Å². The zero-order valence-corrected chi connectivity index (χ0v) is 14.0. The van der Waals surface area contributed by atoms with E-state index in [9.17, 15) is 75.0 Å². The fraction of sp³-hybridized carbons (Fsp3) is 0.750. The minimum atomic E-state index is -8.72. The van der Waals surface area contributed by atoms with Crippen LogP contribution in [0.5, 0.6) is 0 Å². The summed E-state index contributed by atoms with van der Waals surface area (Å²) in [7, 11) is 0. The van der Waals surface area contributed by atoms with E-state index in [1.807, 2.05) is 0 Å².